The summed E-state index contributed by atoms with van der Waals surface area (Å²) < 4.78 is 7.35. The lowest BCUT2D eigenvalue weighted by molar-refractivity contribution is 0.153. The molecule has 1 aromatic rings. The molecule has 2 rings (SSSR count). The van der Waals surface area contributed by atoms with E-state index in [9.17, 15) is 0 Å². The highest BCUT2D eigenvalue weighted by atomic mass is 16.5. The van der Waals surface area contributed by atoms with Crippen LogP contribution in [0.2, 0.25) is 0 Å². The Bertz CT molecular complexity index is 476. The number of aromatic nitrogens is 1. The molecule has 0 bridgehead atoms. The van der Waals surface area contributed by atoms with E-state index in [-0.39, 0.29) is 0 Å². The van der Waals surface area contributed by atoms with Gasteiger partial charge in [-0.3, -0.25) is 4.99 Å². The van der Waals surface area contributed by atoms with Crippen LogP contribution in [0.1, 0.15) is 18.4 Å². The molecule has 0 saturated carbocycles. The van der Waals surface area contributed by atoms with Crippen LogP contribution in [0.5, 0.6) is 0 Å². The fourth-order valence-electron chi connectivity index (χ4n) is 2.21. The van der Waals surface area contributed by atoms with Crippen molar-refractivity contribution in [3.8, 4) is 0 Å². The monoisotopic (exact) mass is 276 g/mol. The minimum atomic E-state index is 0.760. The van der Waals surface area contributed by atoms with Gasteiger partial charge in [0.15, 0.2) is 5.96 Å². The van der Waals surface area contributed by atoms with Gasteiger partial charge in [-0.05, 0) is 24.5 Å². The predicted molar refractivity (Wildman–Crippen MR) is 81.8 cm³/mol. The van der Waals surface area contributed by atoms with E-state index < -0.39 is 0 Å². The Morgan fingerprint density at radius 1 is 1.45 bits per heavy atom. The third-order valence-electron chi connectivity index (χ3n) is 3.37. The van der Waals surface area contributed by atoms with Crippen LogP contribution in [0.25, 0.3) is 0 Å². The van der Waals surface area contributed by atoms with Crippen molar-refractivity contribution in [2.24, 2.45) is 12.0 Å². The van der Waals surface area contributed by atoms with Crippen LogP contribution in [-0.2, 0) is 18.3 Å². The number of aliphatic imine (C=N–C) groups is 1. The molecule has 110 valence electrons. The Morgan fingerprint density at radius 2 is 2.35 bits per heavy atom. The van der Waals surface area contributed by atoms with Gasteiger partial charge in [-0.15, -0.1) is 0 Å². The molecule has 0 saturated heterocycles. The van der Waals surface area contributed by atoms with Crippen molar-refractivity contribution in [2.45, 2.75) is 19.4 Å². The van der Waals surface area contributed by atoms with Crippen molar-refractivity contribution in [3.63, 3.8) is 0 Å². The zero-order chi connectivity index (χ0) is 14.2. The van der Waals surface area contributed by atoms with Crippen molar-refractivity contribution >= 4 is 5.96 Å². The second kappa shape index (κ2) is 7.75. The topological polar surface area (TPSA) is 50.6 Å². The van der Waals surface area contributed by atoms with Crippen molar-refractivity contribution in [1.29, 1.82) is 0 Å². The van der Waals surface area contributed by atoms with E-state index in [2.05, 4.69) is 34.0 Å². The minimum Gasteiger partial charge on any atom is -0.377 e. The average molecular weight is 276 g/mol. The third-order valence-corrected chi connectivity index (χ3v) is 3.37. The fraction of sp³-hybridized carbons (Fsp3) is 0.533. The van der Waals surface area contributed by atoms with E-state index in [1.54, 1.807) is 7.05 Å². The van der Waals surface area contributed by atoms with Gasteiger partial charge in [0.2, 0.25) is 0 Å². The molecule has 1 aliphatic heterocycles. The first-order valence-electron chi connectivity index (χ1n) is 7.09. The Morgan fingerprint density at radius 3 is 3.00 bits per heavy atom. The Hall–Kier alpha value is -1.75. The van der Waals surface area contributed by atoms with E-state index in [4.69, 9.17) is 4.74 Å². The molecule has 2 heterocycles. The molecule has 1 aliphatic rings. The van der Waals surface area contributed by atoms with E-state index in [1.807, 2.05) is 17.8 Å². The highest BCUT2D eigenvalue weighted by Gasteiger charge is 2.04. The molecular formula is C15H24N4O. The molecule has 0 atom stereocenters. The smallest absolute Gasteiger partial charge is 0.191 e. The summed E-state index contributed by atoms with van der Waals surface area (Å²) in [7, 11) is 3.83. The molecule has 0 amide bonds. The molecule has 0 aliphatic carbocycles. The predicted octanol–water partition coefficient (Wildman–Crippen LogP) is 1.43. The van der Waals surface area contributed by atoms with E-state index in [1.165, 1.54) is 11.1 Å². The minimum absolute atomic E-state index is 0.760. The molecule has 20 heavy (non-hydrogen) atoms. The Labute approximate surface area is 120 Å². The number of guanidine groups is 1. The number of rotatable bonds is 5. The number of nitrogens with one attached hydrogen (secondary N) is 2. The standard InChI is InChI=1S/C15H24N4O/c1-16-15(18-11-14-4-8-19(2)12-14)17-7-3-13-5-9-20-10-6-13/h4-5,8,12H,3,6-7,9-11H2,1-2H3,(H2,16,17,18). The highest BCUT2D eigenvalue weighted by Crippen LogP contribution is 2.10. The summed E-state index contributed by atoms with van der Waals surface area (Å²) in [5.41, 5.74) is 2.73. The van der Waals surface area contributed by atoms with Crippen LogP contribution in [-0.4, -0.2) is 37.3 Å². The molecule has 0 radical (unpaired) electrons. The quantitative estimate of drug-likeness (QED) is 0.486. The van der Waals surface area contributed by atoms with Crippen molar-refractivity contribution in [3.05, 3.63) is 35.7 Å². The molecule has 0 spiro atoms. The molecule has 0 fully saturated rings. The molecule has 0 unspecified atom stereocenters. The van der Waals surface area contributed by atoms with Crippen molar-refractivity contribution in [1.82, 2.24) is 15.2 Å². The summed E-state index contributed by atoms with van der Waals surface area (Å²) in [4.78, 5) is 4.24. The van der Waals surface area contributed by atoms with Gasteiger partial charge in [0, 0.05) is 39.6 Å². The van der Waals surface area contributed by atoms with Gasteiger partial charge < -0.3 is 19.9 Å². The van der Waals surface area contributed by atoms with Crippen LogP contribution in [0.3, 0.4) is 0 Å². The molecule has 0 aromatic carbocycles. The lowest BCUT2D eigenvalue weighted by Crippen LogP contribution is -2.37. The van der Waals surface area contributed by atoms with E-state index in [0.29, 0.717) is 0 Å². The van der Waals surface area contributed by atoms with Gasteiger partial charge in [-0.1, -0.05) is 11.6 Å². The largest absolute Gasteiger partial charge is 0.377 e. The Balaban J connectivity index is 1.68. The van der Waals surface area contributed by atoms with E-state index >= 15 is 0 Å². The average Bonchev–Trinajstić information content (AvgIpc) is 2.89. The number of nitrogens with zero attached hydrogens (tertiary/aromatic N) is 2. The van der Waals surface area contributed by atoms with Crippen LogP contribution in [0.15, 0.2) is 35.1 Å². The first kappa shape index (κ1) is 14.7. The number of aryl methyl sites for hydroxylation is 1. The van der Waals surface area contributed by atoms with Gasteiger partial charge in [0.1, 0.15) is 0 Å². The number of ether oxygens (including phenoxy) is 1. The number of hydrogen-bond acceptors (Lipinski definition) is 2. The van der Waals surface area contributed by atoms with Gasteiger partial charge in [0.25, 0.3) is 0 Å². The maximum atomic E-state index is 5.30. The summed E-state index contributed by atoms with van der Waals surface area (Å²) in [6, 6.07) is 2.10. The van der Waals surface area contributed by atoms with Crippen molar-refractivity contribution in [2.75, 3.05) is 26.8 Å². The van der Waals surface area contributed by atoms with Crippen LogP contribution in [0, 0.1) is 0 Å². The third kappa shape index (κ3) is 4.74. The summed E-state index contributed by atoms with van der Waals surface area (Å²) in [5.74, 6) is 0.849. The Kier molecular flexibility index (Phi) is 5.68. The molecule has 2 N–H and O–H groups in total. The van der Waals surface area contributed by atoms with Crippen LogP contribution in [0.4, 0.5) is 0 Å². The van der Waals surface area contributed by atoms with Crippen LogP contribution >= 0.6 is 0 Å². The first-order chi connectivity index (χ1) is 9.78. The fourth-order valence-corrected chi connectivity index (χ4v) is 2.21. The molecular weight excluding hydrogens is 252 g/mol. The summed E-state index contributed by atoms with van der Waals surface area (Å²) in [5, 5.41) is 6.66. The van der Waals surface area contributed by atoms with Gasteiger partial charge in [0.05, 0.1) is 13.2 Å². The molecule has 5 nitrogen and oxygen atoms in total. The number of hydrogen-bond donors (Lipinski definition) is 2. The lowest BCUT2D eigenvalue weighted by atomic mass is 10.1. The van der Waals surface area contributed by atoms with Gasteiger partial charge in [-0.25, -0.2) is 0 Å². The van der Waals surface area contributed by atoms with Crippen molar-refractivity contribution < 1.29 is 4.74 Å². The summed E-state index contributed by atoms with van der Waals surface area (Å²) in [6.45, 7) is 3.31. The second-order valence-corrected chi connectivity index (χ2v) is 4.98. The highest BCUT2D eigenvalue weighted by molar-refractivity contribution is 5.79. The summed E-state index contributed by atoms with van der Waals surface area (Å²) >= 11 is 0. The second-order valence-electron chi connectivity index (χ2n) is 4.98. The maximum absolute atomic E-state index is 5.30. The van der Waals surface area contributed by atoms with Gasteiger partial charge >= 0.3 is 0 Å². The zero-order valence-electron chi connectivity index (χ0n) is 12.4. The first-order valence-corrected chi connectivity index (χ1v) is 7.09. The zero-order valence-corrected chi connectivity index (χ0v) is 12.4. The lowest BCUT2D eigenvalue weighted by Gasteiger charge is -2.15. The molecule has 1 aromatic heterocycles. The SMILES string of the molecule is CN=C(NCCC1=CCOCC1)NCc1ccn(C)c1. The summed E-state index contributed by atoms with van der Waals surface area (Å²) in [6.07, 6.45) is 8.44. The molecule has 5 heteroatoms. The van der Waals surface area contributed by atoms with Gasteiger partial charge in [-0.2, -0.15) is 0 Å². The van der Waals surface area contributed by atoms with E-state index in [0.717, 1.165) is 45.1 Å². The van der Waals surface area contributed by atoms with Crippen LogP contribution < -0.4 is 10.6 Å². The maximum Gasteiger partial charge on any atom is 0.191 e. The normalized spacial score (nSPS) is 15.9.